The highest BCUT2D eigenvalue weighted by Crippen LogP contribution is 2.22. The Labute approximate surface area is 97.0 Å². The van der Waals surface area contributed by atoms with E-state index in [9.17, 15) is 9.59 Å². The van der Waals surface area contributed by atoms with E-state index in [0.717, 1.165) is 0 Å². The maximum atomic E-state index is 11.8. The summed E-state index contributed by atoms with van der Waals surface area (Å²) in [6.45, 7) is 1.00. The molecule has 0 aliphatic carbocycles. The van der Waals surface area contributed by atoms with Gasteiger partial charge >= 0.3 is 5.97 Å². The average Bonchev–Trinajstić information content (AvgIpc) is 2.56. The third kappa shape index (κ3) is 2.19. The summed E-state index contributed by atoms with van der Waals surface area (Å²) in [5.74, 6) is -0.875. The van der Waals surface area contributed by atoms with E-state index in [-0.39, 0.29) is 18.2 Å². The van der Waals surface area contributed by atoms with Crippen LogP contribution in [0.5, 0.6) is 0 Å². The van der Waals surface area contributed by atoms with Gasteiger partial charge in [0.25, 0.3) is 5.91 Å². The zero-order valence-electron chi connectivity index (χ0n) is 8.44. The van der Waals surface area contributed by atoms with Gasteiger partial charge in [-0.05, 0) is 6.07 Å². The maximum absolute atomic E-state index is 11.8. The van der Waals surface area contributed by atoms with Crippen molar-refractivity contribution in [3.05, 3.63) is 23.0 Å². The number of nitrogens with zero attached hydrogens (tertiary/aromatic N) is 1. The van der Waals surface area contributed by atoms with E-state index in [1.807, 2.05) is 0 Å². The molecule has 0 spiro atoms. The molecular weight excluding hydrogens is 232 g/mol. The number of amides is 1. The van der Waals surface area contributed by atoms with E-state index in [2.05, 4.69) is 4.98 Å². The molecule has 6 heteroatoms. The largest absolute Gasteiger partial charge is 0.481 e. The Bertz CT molecular complexity index is 423. The lowest BCUT2D eigenvalue weighted by Crippen LogP contribution is -2.50. The van der Waals surface area contributed by atoms with Crippen LogP contribution in [-0.4, -0.2) is 40.0 Å². The lowest BCUT2D eigenvalue weighted by atomic mass is 9.96. The Morgan fingerprint density at radius 3 is 2.75 bits per heavy atom. The quantitative estimate of drug-likeness (QED) is 0.837. The second-order valence-electron chi connectivity index (χ2n) is 3.91. The fourth-order valence-corrected chi connectivity index (χ4v) is 1.94. The molecule has 0 bridgehead atoms. The SMILES string of the molecule is O=C(O)CC1CN(C(=O)c2cc(Cl)c[nH]2)C1. The van der Waals surface area contributed by atoms with Crippen molar-refractivity contribution in [1.82, 2.24) is 9.88 Å². The molecule has 1 fully saturated rings. The first-order chi connectivity index (χ1) is 7.56. The number of H-pyrrole nitrogens is 1. The van der Waals surface area contributed by atoms with Crippen LogP contribution in [0, 0.1) is 5.92 Å². The number of nitrogens with one attached hydrogen (secondary N) is 1. The number of carboxylic acids is 1. The van der Waals surface area contributed by atoms with Gasteiger partial charge in [0.05, 0.1) is 11.4 Å². The van der Waals surface area contributed by atoms with Crippen molar-refractivity contribution >= 4 is 23.5 Å². The minimum absolute atomic E-state index is 0.0758. The molecule has 1 amide bonds. The summed E-state index contributed by atoms with van der Waals surface area (Å²) in [5, 5.41) is 9.06. The fourth-order valence-electron chi connectivity index (χ4n) is 1.77. The Kier molecular flexibility index (Phi) is 2.87. The van der Waals surface area contributed by atoms with Crippen molar-refractivity contribution in [2.24, 2.45) is 5.92 Å². The molecule has 0 saturated carbocycles. The number of carboxylic acid groups (broad SMARTS) is 1. The van der Waals surface area contributed by atoms with E-state index >= 15 is 0 Å². The molecule has 86 valence electrons. The summed E-state index contributed by atoms with van der Waals surface area (Å²) >= 11 is 5.69. The van der Waals surface area contributed by atoms with Gasteiger partial charge in [-0.15, -0.1) is 0 Å². The highest BCUT2D eigenvalue weighted by atomic mass is 35.5. The number of rotatable bonds is 3. The molecule has 1 aromatic rings. The van der Waals surface area contributed by atoms with Crippen LogP contribution in [0.25, 0.3) is 0 Å². The van der Waals surface area contributed by atoms with Gasteiger partial charge in [-0.2, -0.15) is 0 Å². The second-order valence-corrected chi connectivity index (χ2v) is 4.34. The van der Waals surface area contributed by atoms with E-state index < -0.39 is 5.97 Å². The molecule has 1 aliphatic rings. The fraction of sp³-hybridized carbons (Fsp3) is 0.400. The topological polar surface area (TPSA) is 73.4 Å². The average molecular weight is 243 g/mol. The van der Waals surface area contributed by atoms with Crippen molar-refractivity contribution in [2.75, 3.05) is 13.1 Å². The predicted octanol–water partition coefficient (Wildman–Crippen LogP) is 1.21. The minimum atomic E-state index is -0.819. The van der Waals surface area contributed by atoms with Crippen LogP contribution in [0.15, 0.2) is 12.3 Å². The Morgan fingerprint density at radius 1 is 1.56 bits per heavy atom. The Hall–Kier alpha value is -1.49. The Morgan fingerprint density at radius 2 is 2.25 bits per heavy atom. The number of aliphatic carboxylic acids is 1. The number of hydrogen-bond acceptors (Lipinski definition) is 2. The van der Waals surface area contributed by atoms with Gasteiger partial charge < -0.3 is 15.0 Å². The van der Waals surface area contributed by atoms with Gasteiger partial charge in [0, 0.05) is 25.2 Å². The van der Waals surface area contributed by atoms with Gasteiger partial charge in [0.2, 0.25) is 0 Å². The number of carbonyl (C=O) groups is 2. The normalized spacial score (nSPS) is 15.9. The summed E-state index contributed by atoms with van der Waals surface area (Å²) in [6, 6.07) is 1.56. The van der Waals surface area contributed by atoms with Crippen LogP contribution < -0.4 is 0 Å². The molecule has 2 heterocycles. The van der Waals surface area contributed by atoms with E-state index in [1.165, 1.54) is 0 Å². The van der Waals surface area contributed by atoms with Crippen LogP contribution in [0.2, 0.25) is 5.02 Å². The van der Waals surface area contributed by atoms with Crippen LogP contribution in [0.1, 0.15) is 16.9 Å². The number of halogens is 1. The van der Waals surface area contributed by atoms with E-state index in [4.69, 9.17) is 16.7 Å². The van der Waals surface area contributed by atoms with Crippen molar-refractivity contribution in [3.8, 4) is 0 Å². The van der Waals surface area contributed by atoms with Gasteiger partial charge in [0.1, 0.15) is 5.69 Å². The van der Waals surface area contributed by atoms with Gasteiger partial charge in [0.15, 0.2) is 0 Å². The van der Waals surface area contributed by atoms with E-state index in [1.54, 1.807) is 17.2 Å². The molecule has 0 aromatic carbocycles. The van der Waals surface area contributed by atoms with Crippen molar-refractivity contribution in [2.45, 2.75) is 6.42 Å². The summed E-state index contributed by atoms with van der Waals surface area (Å²) in [4.78, 5) is 26.6. The second kappa shape index (κ2) is 4.17. The molecular formula is C10H11ClN2O3. The van der Waals surface area contributed by atoms with Crippen molar-refractivity contribution < 1.29 is 14.7 Å². The van der Waals surface area contributed by atoms with E-state index in [0.29, 0.717) is 23.8 Å². The molecule has 5 nitrogen and oxygen atoms in total. The van der Waals surface area contributed by atoms with Crippen LogP contribution in [0.3, 0.4) is 0 Å². The lowest BCUT2D eigenvalue weighted by molar-refractivity contribution is -0.139. The van der Waals surface area contributed by atoms with Gasteiger partial charge in [-0.25, -0.2) is 0 Å². The highest BCUT2D eigenvalue weighted by Gasteiger charge is 2.32. The summed E-state index contributed by atoms with van der Waals surface area (Å²) in [7, 11) is 0. The zero-order chi connectivity index (χ0) is 11.7. The summed E-state index contributed by atoms with van der Waals surface area (Å²) in [6.07, 6.45) is 1.67. The minimum Gasteiger partial charge on any atom is -0.481 e. The first kappa shape index (κ1) is 11.0. The highest BCUT2D eigenvalue weighted by molar-refractivity contribution is 6.30. The first-order valence-electron chi connectivity index (χ1n) is 4.91. The standard InChI is InChI=1S/C10H11ClN2O3/c11-7-2-8(12-3-7)10(16)13-4-6(5-13)1-9(14)15/h2-3,6,12H,1,4-5H2,(H,14,15). The number of aromatic nitrogens is 1. The molecule has 1 aliphatic heterocycles. The molecule has 16 heavy (non-hydrogen) atoms. The van der Waals surface area contributed by atoms with Gasteiger partial charge in [-0.3, -0.25) is 9.59 Å². The lowest BCUT2D eigenvalue weighted by Gasteiger charge is -2.38. The molecule has 1 saturated heterocycles. The van der Waals surface area contributed by atoms with Crippen LogP contribution in [0.4, 0.5) is 0 Å². The zero-order valence-corrected chi connectivity index (χ0v) is 9.20. The smallest absolute Gasteiger partial charge is 0.303 e. The maximum Gasteiger partial charge on any atom is 0.303 e. The molecule has 2 N–H and O–H groups in total. The Balaban J connectivity index is 1.88. The van der Waals surface area contributed by atoms with Crippen LogP contribution >= 0.6 is 11.6 Å². The third-order valence-electron chi connectivity index (χ3n) is 2.59. The predicted molar refractivity (Wildman–Crippen MR) is 57.4 cm³/mol. The first-order valence-corrected chi connectivity index (χ1v) is 5.29. The van der Waals surface area contributed by atoms with Crippen molar-refractivity contribution in [1.29, 1.82) is 0 Å². The molecule has 1 aromatic heterocycles. The molecule has 2 rings (SSSR count). The van der Waals surface area contributed by atoms with Crippen LogP contribution in [-0.2, 0) is 4.79 Å². The molecule has 0 unspecified atom stereocenters. The number of aromatic amines is 1. The number of hydrogen-bond donors (Lipinski definition) is 2. The van der Waals surface area contributed by atoms with Crippen molar-refractivity contribution in [3.63, 3.8) is 0 Å². The monoisotopic (exact) mass is 242 g/mol. The summed E-state index contributed by atoms with van der Waals surface area (Å²) < 4.78 is 0. The van der Waals surface area contributed by atoms with Gasteiger partial charge in [-0.1, -0.05) is 11.6 Å². The third-order valence-corrected chi connectivity index (χ3v) is 2.80. The number of likely N-dealkylation sites (tertiary alicyclic amines) is 1. The molecule has 0 radical (unpaired) electrons. The number of carbonyl (C=O) groups excluding carboxylic acids is 1. The molecule has 0 atom stereocenters. The summed E-state index contributed by atoms with van der Waals surface area (Å²) in [5.41, 5.74) is 0.443.